The number of benzene rings is 1. The molecule has 2 aromatic rings. The molecule has 0 radical (unpaired) electrons. The van der Waals surface area contributed by atoms with Crippen molar-refractivity contribution < 1.29 is 24.0 Å². The summed E-state index contributed by atoms with van der Waals surface area (Å²) in [5, 5.41) is 20.7. The van der Waals surface area contributed by atoms with Gasteiger partial charge in [0, 0.05) is 23.3 Å². The van der Waals surface area contributed by atoms with E-state index >= 15 is 0 Å². The van der Waals surface area contributed by atoms with Crippen molar-refractivity contribution in [3.8, 4) is 11.3 Å². The third-order valence-corrected chi connectivity index (χ3v) is 6.58. The van der Waals surface area contributed by atoms with Crippen LogP contribution in [0, 0.1) is 17.0 Å². The molecular weight excluding hydrogens is 460 g/mol. The summed E-state index contributed by atoms with van der Waals surface area (Å²) >= 11 is 7.76. The number of aryl methyl sites for hydroxylation is 1. The van der Waals surface area contributed by atoms with Crippen LogP contribution in [-0.2, 0) is 9.59 Å². The maximum absolute atomic E-state index is 12.8. The van der Waals surface area contributed by atoms with Gasteiger partial charge in [0.05, 0.1) is 9.83 Å². The largest absolute Gasteiger partial charge is 0.480 e. The molecule has 1 aliphatic rings. The molecular formula is C20H18N2O6S3. The molecule has 1 N–H and O–H groups in total. The molecule has 8 nitrogen and oxygen atoms in total. The highest BCUT2D eigenvalue weighted by molar-refractivity contribution is 8.26. The first-order valence-electron chi connectivity index (χ1n) is 9.07. The fourth-order valence-corrected chi connectivity index (χ4v) is 4.81. The van der Waals surface area contributed by atoms with E-state index in [1.807, 2.05) is 6.26 Å². The van der Waals surface area contributed by atoms with Crippen LogP contribution < -0.4 is 0 Å². The maximum atomic E-state index is 12.8. The van der Waals surface area contributed by atoms with E-state index in [1.165, 1.54) is 23.9 Å². The van der Waals surface area contributed by atoms with Crippen LogP contribution in [-0.4, -0.2) is 49.2 Å². The summed E-state index contributed by atoms with van der Waals surface area (Å²) in [6, 6.07) is 7.05. The first-order valence-corrected chi connectivity index (χ1v) is 11.7. The predicted octanol–water partition coefficient (Wildman–Crippen LogP) is 4.57. The molecule has 0 spiro atoms. The molecule has 0 aliphatic carbocycles. The molecule has 1 unspecified atom stereocenters. The van der Waals surface area contributed by atoms with Gasteiger partial charge in [-0.25, -0.2) is 4.79 Å². The number of thiocarbonyl (C=S) groups is 1. The van der Waals surface area contributed by atoms with Gasteiger partial charge >= 0.3 is 5.97 Å². The van der Waals surface area contributed by atoms with Crippen LogP contribution in [0.5, 0.6) is 0 Å². The monoisotopic (exact) mass is 478 g/mol. The number of hydrogen-bond donors (Lipinski definition) is 1. The Morgan fingerprint density at radius 2 is 2.16 bits per heavy atom. The van der Waals surface area contributed by atoms with Gasteiger partial charge in [-0.05, 0) is 37.5 Å². The Kier molecular flexibility index (Phi) is 7.19. The van der Waals surface area contributed by atoms with Gasteiger partial charge in [0.15, 0.2) is 0 Å². The van der Waals surface area contributed by atoms with Crippen molar-refractivity contribution in [2.24, 2.45) is 0 Å². The first-order chi connectivity index (χ1) is 14.7. The zero-order chi connectivity index (χ0) is 22.7. The number of rotatable bonds is 8. The predicted molar refractivity (Wildman–Crippen MR) is 125 cm³/mol. The molecule has 1 aromatic carbocycles. The lowest BCUT2D eigenvalue weighted by Gasteiger charge is -2.22. The molecule has 0 bridgehead atoms. The van der Waals surface area contributed by atoms with Crippen molar-refractivity contribution in [3.63, 3.8) is 0 Å². The minimum absolute atomic E-state index is 0.0127. The summed E-state index contributed by atoms with van der Waals surface area (Å²) in [5.74, 6) is -0.236. The van der Waals surface area contributed by atoms with Crippen molar-refractivity contribution in [1.82, 2.24) is 4.90 Å². The van der Waals surface area contributed by atoms with E-state index in [4.69, 9.17) is 16.6 Å². The molecule has 11 heteroatoms. The maximum Gasteiger partial charge on any atom is 0.326 e. The van der Waals surface area contributed by atoms with Gasteiger partial charge in [0.1, 0.15) is 21.9 Å². The van der Waals surface area contributed by atoms with Gasteiger partial charge in [0.2, 0.25) is 0 Å². The number of carbonyl (C=O) groups excluding carboxylic acids is 1. The highest BCUT2D eigenvalue weighted by atomic mass is 32.2. The Morgan fingerprint density at radius 3 is 2.81 bits per heavy atom. The number of nitro groups is 1. The average Bonchev–Trinajstić information content (AvgIpc) is 3.28. The molecule has 3 rings (SSSR count). The second kappa shape index (κ2) is 9.67. The van der Waals surface area contributed by atoms with E-state index in [0.717, 1.165) is 16.7 Å². The minimum atomic E-state index is -1.10. The fraction of sp³-hybridized carbons (Fsp3) is 0.250. The van der Waals surface area contributed by atoms with Gasteiger partial charge < -0.3 is 9.52 Å². The lowest BCUT2D eigenvalue weighted by molar-refractivity contribution is -0.385. The number of furan rings is 1. The molecule has 1 atom stereocenters. The van der Waals surface area contributed by atoms with Crippen molar-refractivity contribution in [2.75, 3.05) is 12.0 Å². The Hall–Kier alpha value is -2.63. The highest BCUT2D eigenvalue weighted by Crippen LogP contribution is 2.36. The van der Waals surface area contributed by atoms with Crippen molar-refractivity contribution in [1.29, 1.82) is 0 Å². The van der Waals surface area contributed by atoms with Gasteiger partial charge in [-0.2, -0.15) is 11.8 Å². The molecule has 31 heavy (non-hydrogen) atoms. The van der Waals surface area contributed by atoms with E-state index < -0.39 is 22.8 Å². The van der Waals surface area contributed by atoms with E-state index in [2.05, 4.69) is 0 Å². The number of thioether (sulfide) groups is 2. The Morgan fingerprint density at radius 1 is 1.42 bits per heavy atom. The summed E-state index contributed by atoms with van der Waals surface area (Å²) in [7, 11) is 0. The van der Waals surface area contributed by atoms with Crippen molar-refractivity contribution in [3.05, 3.63) is 56.7 Å². The average molecular weight is 479 g/mol. The molecule has 1 amide bonds. The third-order valence-electron chi connectivity index (χ3n) is 4.61. The lowest BCUT2D eigenvalue weighted by Crippen LogP contribution is -2.44. The van der Waals surface area contributed by atoms with Gasteiger partial charge in [-0.3, -0.25) is 19.8 Å². The highest BCUT2D eigenvalue weighted by Gasteiger charge is 2.40. The van der Waals surface area contributed by atoms with Crippen LogP contribution in [0.3, 0.4) is 0 Å². The number of carboxylic acid groups (broad SMARTS) is 1. The third kappa shape index (κ3) is 5.00. The standard InChI is InChI=1S/C20H18N2O6S3/c1-11-3-4-12(9-15(11)22(26)27)16-6-5-13(28-16)10-17-18(23)21(20(29)31-17)14(19(24)25)7-8-30-2/h3-6,9-10,14H,7-8H2,1-2H3,(H,24,25)/b17-10+. The normalized spacial score (nSPS) is 16.2. The number of carboxylic acids is 1. The molecule has 1 saturated heterocycles. The Balaban J connectivity index is 1.85. The summed E-state index contributed by atoms with van der Waals surface area (Å²) in [4.78, 5) is 36.6. The van der Waals surface area contributed by atoms with Crippen LogP contribution in [0.2, 0.25) is 0 Å². The van der Waals surface area contributed by atoms with Gasteiger partial charge in [-0.1, -0.05) is 36.1 Å². The fourth-order valence-electron chi connectivity index (χ4n) is 3.02. The van der Waals surface area contributed by atoms with Crippen LogP contribution in [0.15, 0.2) is 39.7 Å². The van der Waals surface area contributed by atoms with Crippen molar-refractivity contribution >= 4 is 63.7 Å². The summed E-state index contributed by atoms with van der Waals surface area (Å²) < 4.78 is 5.94. The number of hydrogen-bond acceptors (Lipinski definition) is 8. The second-order valence-corrected chi connectivity index (χ2v) is 9.31. The van der Waals surface area contributed by atoms with E-state index in [-0.39, 0.29) is 21.3 Å². The van der Waals surface area contributed by atoms with Gasteiger partial charge in [0.25, 0.3) is 11.6 Å². The van der Waals surface area contributed by atoms with E-state index in [1.54, 1.807) is 31.2 Å². The molecule has 2 heterocycles. The number of aliphatic carboxylic acids is 1. The number of nitro benzene ring substituents is 1. The molecule has 1 aliphatic heterocycles. The first kappa shape index (κ1) is 23.0. The molecule has 162 valence electrons. The lowest BCUT2D eigenvalue weighted by atomic mass is 10.1. The topological polar surface area (TPSA) is 114 Å². The SMILES string of the molecule is CSCCC(C(=O)O)N1C(=O)/C(=C\c2ccc(-c3ccc(C)c([N+](=O)[O-])c3)o2)SC1=S. The van der Waals surface area contributed by atoms with E-state index in [0.29, 0.717) is 28.4 Å². The number of nitrogens with zero attached hydrogens (tertiary/aromatic N) is 2. The van der Waals surface area contributed by atoms with Gasteiger partial charge in [-0.15, -0.1) is 0 Å². The number of carbonyl (C=O) groups is 2. The van der Waals surface area contributed by atoms with Crippen LogP contribution in [0.1, 0.15) is 17.7 Å². The quantitative estimate of drug-likeness (QED) is 0.252. The second-order valence-electron chi connectivity index (χ2n) is 6.65. The smallest absolute Gasteiger partial charge is 0.326 e. The summed E-state index contributed by atoms with van der Waals surface area (Å²) in [5.41, 5.74) is 1.06. The zero-order valence-corrected chi connectivity index (χ0v) is 19.0. The van der Waals surface area contributed by atoms with Crippen molar-refractivity contribution in [2.45, 2.75) is 19.4 Å². The van der Waals surface area contributed by atoms with E-state index in [9.17, 15) is 24.8 Å². The Labute approximate surface area is 191 Å². The molecule has 0 saturated carbocycles. The number of amides is 1. The molecule has 1 fully saturated rings. The zero-order valence-electron chi connectivity index (χ0n) is 16.6. The summed E-state index contributed by atoms with van der Waals surface area (Å²) in [6.45, 7) is 1.65. The van der Waals surface area contributed by atoms with Crippen LogP contribution in [0.4, 0.5) is 5.69 Å². The molecule has 1 aromatic heterocycles. The van der Waals surface area contributed by atoms with Crippen LogP contribution >= 0.6 is 35.7 Å². The minimum Gasteiger partial charge on any atom is -0.480 e. The Bertz CT molecular complexity index is 1090. The summed E-state index contributed by atoms with van der Waals surface area (Å²) in [6.07, 6.45) is 3.65. The van der Waals surface area contributed by atoms with Crippen LogP contribution in [0.25, 0.3) is 17.4 Å².